The summed E-state index contributed by atoms with van der Waals surface area (Å²) in [5.74, 6) is 0.276. The van der Waals surface area contributed by atoms with E-state index in [4.69, 9.17) is 9.84 Å². The van der Waals surface area contributed by atoms with Gasteiger partial charge in [-0.2, -0.15) is 0 Å². The second-order valence-corrected chi connectivity index (χ2v) is 5.05. The molecule has 0 amide bonds. The highest BCUT2D eigenvalue weighted by atomic mass is 79.9. The first kappa shape index (κ1) is 14.3. The Hall–Kier alpha value is -2.14. The lowest BCUT2D eigenvalue weighted by molar-refractivity contribution is -0.131. The largest absolute Gasteiger partial charge is 0.478 e. The maximum atomic E-state index is 10.5. The molecule has 0 radical (unpaired) electrons. The van der Waals surface area contributed by atoms with Crippen molar-refractivity contribution in [3.8, 4) is 11.5 Å². The van der Waals surface area contributed by atoms with Crippen LogP contribution in [0.1, 0.15) is 11.1 Å². The number of pyridine rings is 1. The van der Waals surface area contributed by atoms with Crippen LogP contribution in [0.3, 0.4) is 0 Å². The van der Waals surface area contributed by atoms with Gasteiger partial charge < -0.3 is 9.84 Å². The fourth-order valence-electron chi connectivity index (χ4n) is 1.56. The second-order valence-electron chi connectivity index (χ2n) is 4.14. The first-order valence-electron chi connectivity index (χ1n) is 5.84. The Balaban J connectivity index is 2.23. The van der Waals surface area contributed by atoms with Gasteiger partial charge in [-0.3, -0.25) is 4.98 Å². The average Bonchev–Trinajstić information content (AvgIpc) is 2.41. The lowest BCUT2D eigenvalue weighted by atomic mass is 10.2. The van der Waals surface area contributed by atoms with Crippen molar-refractivity contribution in [1.82, 2.24) is 4.98 Å². The smallest absolute Gasteiger partial charge is 0.328 e. The van der Waals surface area contributed by atoms with Gasteiger partial charge in [0, 0.05) is 16.7 Å². The Bertz CT molecular complexity index is 668. The maximum absolute atomic E-state index is 10.5. The van der Waals surface area contributed by atoms with E-state index in [1.54, 1.807) is 18.5 Å². The third-order valence-electron chi connectivity index (χ3n) is 2.53. The highest BCUT2D eigenvalue weighted by molar-refractivity contribution is 9.10. The normalized spacial score (nSPS) is 10.7. The molecule has 2 aromatic rings. The Morgan fingerprint density at radius 1 is 1.35 bits per heavy atom. The summed E-state index contributed by atoms with van der Waals surface area (Å²) < 4.78 is 6.69. The zero-order chi connectivity index (χ0) is 14.5. The molecule has 0 saturated heterocycles. The maximum Gasteiger partial charge on any atom is 0.328 e. The molecule has 0 bridgehead atoms. The van der Waals surface area contributed by atoms with Crippen molar-refractivity contribution in [3.63, 3.8) is 0 Å². The van der Waals surface area contributed by atoms with Crippen LogP contribution in [0.4, 0.5) is 0 Å². The molecule has 102 valence electrons. The van der Waals surface area contributed by atoms with Gasteiger partial charge in [0.1, 0.15) is 11.5 Å². The fourth-order valence-corrected chi connectivity index (χ4v) is 1.90. The van der Waals surface area contributed by atoms with E-state index >= 15 is 0 Å². The lowest BCUT2D eigenvalue weighted by Gasteiger charge is -2.09. The number of halogens is 1. The highest BCUT2D eigenvalue weighted by Crippen LogP contribution is 2.28. The standard InChI is InChI=1S/C15H12BrNO3/c1-10-2-4-12(16)7-14(10)20-13-6-11(8-17-9-13)3-5-15(18)19/h2-9H,1H3,(H,18,19)/b5-3+. The van der Waals surface area contributed by atoms with E-state index in [0.29, 0.717) is 11.3 Å². The number of rotatable bonds is 4. The van der Waals surface area contributed by atoms with E-state index in [9.17, 15) is 4.79 Å². The van der Waals surface area contributed by atoms with Gasteiger partial charge in [0.05, 0.1) is 6.20 Å². The molecule has 1 N–H and O–H groups in total. The zero-order valence-electron chi connectivity index (χ0n) is 10.7. The summed E-state index contributed by atoms with van der Waals surface area (Å²) >= 11 is 3.39. The minimum absolute atomic E-state index is 0.554. The van der Waals surface area contributed by atoms with Crippen molar-refractivity contribution in [3.05, 3.63) is 58.3 Å². The van der Waals surface area contributed by atoms with Crippen molar-refractivity contribution >= 4 is 28.0 Å². The summed E-state index contributed by atoms with van der Waals surface area (Å²) in [7, 11) is 0. The number of hydrogen-bond acceptors (Lipinski definition) is 3. The van der Waals surface area contributed by atoms with Crippen LogP contribution in [-0.2, 0) is 4.79 Å². The monoisotopic (exact) mass is 333 g/mol. The van der Waals surface area contributed by atoms with Gasteiger partial charge in [0.2, 0.25) is 0 Å². The number of hydrogen-bond donors (Lipinski definition) is 1. The molecule has 20 heavy (non-hydrogen) atoms. The quantitative estimate of drug-likeness (QED) is 0.857. The molecule has 1 aromatic heterocycles. The van der Waals surface area contributed by atoms with Crippen LogP contribution < -0.4 is 4.74 Å². The number of carboxylic acids is 1. The number of nitrogens with zero attached hydrogens (tertiary/aromatic N) is 1. The van der Waals surface area contributed by atoms with Crippen molar-refractivity contribution in [1.29, 1.82) is 0 Å². The van der Waals surface area contributed by atoms with Gasteiger partial charge >= 0.3 is 5.97 Å². The molecule has 0 atom stereocenters. The van der Waals surface area contributed by atoms with E-state index in [1.165, 1.54) is 6.08 Å². The topological polar surface area (TPSA) is 59.4 Å². The average molecular weight is 334 g/mol. The van der Waals surface area contributed by atoms with Crippen molar-refractivity contribution in [2.75, 3.05) is 0 Å². The SMILES string of the molecule is Cc1ccc(Br)cc1Oc1cncc(/C=C/C(=O)O)c1. The minimum atomic E-state index is -1.00. The van der Waals surface area contributed by atoms with Gasteiger partial charge in [0.15, 0.2) is 0 Å². The van der Waals surface area contributed by atoms with Crippen molar-refractivity contribution in [2.45, 2.75) is 6.92 Å². The van der Waals surface area contributed by atoms with Gasteiger partial charge in [-0.25, -0.2) is 4.79 Å². The Labute approximate surface area is 124 Å². The third-order valence-corrected chi connectivity index (χ3v) is 3.02. The molecule has 0 aliphatic heterocycles. The summed E-state index contributed by atoms with van der Waals surface area (Å²) in [5.41, 5.74) is 1.66. The van der Waals surface area contributed by atoms with Crippen LogP contribution in [0.2, 0.25) is 0 Å². The van der Waals surface area contributed by atoms with Crippen LogP contribution in [0.5, 0.6) is 11.5 Å². The van der Waals surface area contributed by atoms with Crippen LogP contribution in [0.25, 0.3) is 6.08 Å². The van der Waals surface area contributed by atoms with Gasteiger partial charge in [-0.05, 0) is 42.3 Å². The van der Waals surface area contributed by atoms with Crippen LogP contribution in [-0.4, -0.2) is 16.1 Å². The molecule has 0 fully saturated rings. The number of aryl methyl sites for hydroxylation is 1. The number of aliphatic carboxylic acids is 1. The van der Waals surface area contributed by atoms with Gasteiger partial charge in [-0.1, -0.05) is 22.0 Å². The van der Waals surface area contributed by atoms with Crippen LogP contribution in [0, 0.1) is 6.92 Å². The number of aromatic nitrogens is 1. The molecule has 0 spiro atoms. The van der Waals surface area contributed by atoms with E-state index in [2.05, 4.69) is 20.9 Å². The second kappa shape index (κ2) is 6.34. The zero-order valence-corrected chi connectivity index (χ0v) is 12.3. The summed E-state index contributed by atoms with van der Waals surface area (Å²) in [6, 6.07) is 7.48. The van der Waals surface area contributed by atoms with E-state index < -0.39 is 5.97 Å². The number of carboxylic acid groups (broad SMARTS) is 1. The highest BCUT2D eigenvalue weighted by Gasteiger charge is 2.03. The Morgan fingerprint density at radius 2 is 2.15 bits per heavy atom. The minimum Gasteiger partial charge on any atom is -0.478 e. The van der Waals surface area contributed by atoms with Crippen molar-refractivity contribution in [2.24, 2.45) is 0 Å². The van der Waals surface area contributed by atoms with E-state index in [1.807, 2.05) is 25.1 Å². The van der Waals surface area contributed by atoms with Gasteiger partial charge in [-0.15, -0.1) is 0 Å². The Kier molecular flexibility index (Phi) is 4.53. The molecular weight excluding hydrogens is 322 g/mol. The molecule has 0 aliphatic rings. The molecule has 0 aliphatic carbocycles. The molecule has 1 heterocycles. The lowest BCUT2D eigenvalue weighted by Crippen LogP contribution is -1.90. The van der Waals surface area contributed by atoms with E-state index in [-0.39, 0.29) is 0 Å². The summed E-state index contributed by atoms with van der Waals surface area (Å²) in [6.45, 7) is 1.95. The molecule has 0 unspecified atom stereocenters. The van der Waals surface area contributed by atoms with E-state index in [0.717, 1.165) is 21.9 Å². The number of ether oxygens (including phenoxy) is 1. The number of benzene rings is 1. The summed E-state index contributed by atoms with van der Waals surface area (Å²) in [4.78, 5) is 14.5. The molecule has 2 rings (SSSR count). The fraction of sp³-hybridized carbons (Fsp3) is 0.0667. The predicted octanol–water partition coefficient (Wildman–Crippen LogP) is 4.04. The van der Waals surface area contributed by atoms with Crippen LogP contribution >= 0.6 is 15.9 Å². The molecule has 1 aromatic carbocycles. The van der Waals surface area contributed by atoms with Crippen molar-refractivity contribution < 1.29 is 14.6 Å². The third kappa shape index (κ3) is 3.93. The first-order valence-corrected chi connectivity index (χ1v) is 6.64. The summed E-state index contributed by atoms with van der Waals surface area (Å²) in [6.07, 6.45) is 5.68. The summed E-state index contributed by atoms with van der Waals surface area (Å²) in [5, 5.41) is 8.60. The van der Waals surface area contributed by atoms with Crippen LogP contribution in [0.15, 0.2) is 47.2 Å². The predicted molar refractivity (Wildman–Crippen MR) is 79.9 cm³/mol. The Morgan fingerprint density at radius 3 is 2.90 bits per heavy atom. The van der Waals surface area contributed by atoms with Gasteiger partial charge in [0.25, 0.3) is 0 Å². The molecular formula is C15H12BrNO3. The first-order chi connectivity index (χ1) is 9.54. The molecule has 5 heteroatoms. The molecule has 4 nitrogen and oxygen atoms in total. The number of carbonyl (C=O) groups is 1. The molecule has 0 saturated carbocycles.